The molecule has 162 valence electrons. The Morgan fingerprint density at radius 2 is 1.55 bits per heavy atom. The van der Waals surface area contributed by atoms with E-state index < -0.39 is 0 Å². The molecule has 1 aromatic heterocycles. The first-order valence-corrected chi connectivity index (χ1v) is 11.3. The van der Waals surface area contributed by atoms with E-state index in [-0.39, 0.29) is 17.9 Å². The van der Waals surface area contributed by atoms with Crippen molar-refractivity contribution in [3.8, 4) is 0 Å². The van der Waals surface area contributed by atoms with Gasteiger partial charge < -0.3 is 9.73 Å². The standard InChI is InChI=1S/C27H32N2O2/c1-20-15-17-29(18-16-20)24(25-14-13-21(2)31-25)19-28-27(30)26(22-9-5-3-6-10-22)23-11-7-4-8-12-23/h3-14,20,24,26H,15-19H2,1-2H3,(H,28,30). The molecular formula is C27H32N2O2. The third kappa shape index (κ3) is 5.26. The summed E-state index contributed by atoms with van der Waals surface area (Å²) < 4.78 is 5.99. The van der Waals surface area contributed by atoms with E-state index in [0.29, 0.717) is 6.54 Å². The van der Waals surface area contributed by atoms with Crippen LogP contribution in [0.5, 0.6) is 0 Å². The van der Waals surface area contributed by atoms with Crippen LogP contribution in [0.4, 0.5) is 0 Å². The molecule has 4 heteroatoms. The molecule has 1 saturated heterocycles. The lowest BCUT2D eigenvalue weighted by molar-refractivity contribution is -0.122. The van der Waals surface area contributed by atoms with Crippen LogP contribution in [0.25, 0.3) is 0 Å². The van der Waals surface area contributed by atoms with Gasteiger partial charge in [-0.2, -0.15) is 0 Å². The summed E-state index contributed by atoms with van der Waals surface area (Å²) in [5.41, 5.74) is 2.01. The summed E-state index contributed by atoms with van der Waals surface area (Å²) in [5.74, 6) is 2.29. The lowest BCUT2D eigenvalue weighted by atomic mass is 9.90. The molecule has 31 heavy (non-hydrogen) atoms. The van der Waals surface area contributed by atoms with E-state index >= 15 is 0 Å². The second kappa shape index (κ2) is 9.97. The van der Waals surface area contributed by atoms with Crippen molar-refractivity contribution in [3.05, 3.63) is 95.4 Å². The first kappa shape index (κ1) is 21.4. The maximum absolute atomic E-state index is 13.5. The summed E-state index contributed by atoms with van der Waals surface area (Å²) in [6.45, 7) is 6.88. The van der Waals surface area contributed by atoms with Crippen LogP contribution in [0.15, 0.2) is 77.2 Å². The van der Waals surface area contributed by atoms with Crippen LogP contribution < -0.4 is 5.32 Å². The van der Waals surface area contributed by atoms with E-state index in [4.69, 9.17) is 4.42 Å². The number of hydrogen-bond acceptors (Lipinski definition) is 3. The smallest absolute Gasteiger partial charge is 0.232 e. The third-order valence-corrected chi connectivity index (χ3v) is 6.35. The van der Waals surface area contributed by atoms with Gasteiger partial charge in [0, 0.05) is 6.54 Å². The average molecular weight is 417 g/mol. The van der Waals surface area contributed by atoms with Crippen molar-refractivity contribution >= 4 is 5.91 Å². The minimum atomic E-state index is -0.331. The highest BCUT2D eigenvalue weighted by molar-refractivity contribution is 5.87. The van der Waals surface area contributed by atoms with Crippen LogP contribution >= 0.6 is 0 Å². The summed E-state index contributed by atoms with van der Waals surface area (Å²) in [4.78, 5) is 15.9. The summed E-state index contributed by atoms with van der Waals surface area (Å²) in [5, 5.41) is 3.26. The number of carbonyl (C=O) groups is 1. The average Bonchev–Trinajstić information content (AvgIpc) is 3.23. The van der Waals surface area contributed by atoms with Crippen LogP contribution in [-0.2, 0) is 4.79 Å². The first-order chi connectivity index (χ1) is 15.1. The third-order valence-electron chi connectivity index (χ3n) is 6.35. The Labute approximate surface area is 185 Å². The predicted molar refractivity (Wildman–Crippen MR) is 124 cm³/mol. The number of benzene rings is 2. The molecule has 1 unspecified atom stereocenters. The molecule has 1 aliphatic heterocycles. The number of likely N-dealkylation sites (tertiary alicyclic amines) is 1. The van der Waals surface area contributed by atoms with Crippen LogP contribution in [-0.4, -0.2) is 30.4 Å². The van der Waals surface area contributed by atoms with Crippen molar-refractivity contribution in [3.63, 3.8) is 0 Å². The highest BCUT2D eigenvalue weighted by atomic mass is 16.3. The number of piperidine rings is 1. The normalized spacial score (nSPS) is 16.4. The predicted octanol–water partition coefficient (Wildman–Crippen LogP) is 5.31. The van der Waals surface area contributed by atoms with Crippen LogP contribution in [0.3, 0.4) is 0 Å². The van der Waals surface area contributed by atoms with Crippen LogP contribution in [0, 0.1) is 12.8 Å². The van der Waals surface area contributed by atoms with E-state index in [0.717, 1.165) is 41.7 Å². The Morgan fingerprint density at radius 3 is 2.06 bits per heavy atom. The van der Waals surface area contributed by atoms with E-state index in [1.165, 1.54) is 12.8 Å². The number of carbonyl (C=O) groups excluding carboxylic acids is 1. The van der Waals surface area contributed by atoms with Gasteiger partial charge in [-0.3, -0.25) is 9.69 Å². The van der Waals surface area contributed by atoms with Gasteiger partial charge in [0.15, 0.2) is 0 Å². The number of amides is 1. The molecule has 4 nitrogen and oxygen atoms in total. The molecule has 0 radical (unpaired) electrons. The summed E-state index contributed by atoms with van der Waals surface area (Å²) in [6, 6.07) is 24.1. The summed E-state index contributed by atoms with van der Waals surface area (Å²) in [6.07, 6.45) is 2.36. The number of hydrogen-bond donors (Lipinski definition) is 1. The van der Waals surface area contributed by atoms with Gasteiger partial charge in [0.1, 0.15) is 11.5 Å². The lowest BCUT2D eigenvalue weighted by Gasteiger charge is -2.36. The van der Waals surface area contributed by atoms with Crippen molar-refractivity contribution < 1.29 is 9.21 Å². The molecule has 2 heterocycles. The Bertz CT molecular complexity index is 920. The molecule has 0 aliphatic carbocycles. The SMILES string of the molecule is Cc1ccc(C(CNC(=O)C(c2ccccc2)c2ccccc2)N2CCC(C)CC2)o1. The van der Waals surface area contributed by atoms with Crippen molar-refractivity contribution in [2.45, 2.75) is 38.6 Å². The number of nitrogens with one attached hydrogen (secondary N) is 1. The second-order valence-corrected chi connectivity index (χ2v) is 8.68. The zero-order chi connectivity index (χ0) is 21.6. The van der Waals surface area contributed by atoms with Gasteiger partial charge in [-0.05, 0) is 62.0 Å². The fraction of sp³-hybridized carbons (Fsp3) is 0.370. The Hall–Kier alpha value is -2.85. The number of aryl methyl sites for hydroxylation is 1. The molecule has 0 spiro atoms. The molecule has 1 N–H and O–H groups in total. The topological polar surface area (TPSA) is 45.5 Å². The van der Waals surface area contributed by atoms with Crippen molar-refractivity contribution in [2.75, 3.05) is 19.6 Å². The maximum Gasteiger partial charge on any atom is 0.232 e. The molecule has 1 amide bonds. The molecule has 1 aliphatic rings. The molecule has 0 bridgehead atoms. The van der Waals surface area contributed by atoms with Gasteiger partial charge in [-0.1, -0.05) is 67.6 Å². The zero-order valence-electron chi connectivity index (χ0n) is 18.5. The van der Waals surface area contributed by atoms with Gasteiger partial charge in [0.25, 0.3) is 0 Å². The Kier molecular flexibility index (Phi) is 6.88. The molecule has 2 aromatic carbocycles. The summed E-state index contributed by atoms with van der Waals surface area (Å²) >= 11 is 0. The molecule has 1 fully saturated rings. The highest BCUT2D eigenvalue weighted by Crippen LogP contribution is 2.29. The minimum absolute atomic E-state index is 0.0241. The van der Waals surface area contributed by atoms with Crippen LogP contribution in [0.1, 0.15) is 54.4 Å². The number of furan rings is 1. The second-order valence-electron chi connectivity index (χ2n) is 8.68. The van der Waals surface area contributed by atoms with Crippen LogP contribution in [0.2, 0.25) is 0 Å². The Morgan fingerprint density at radius 1 is 0.968 bits per heavy atom. The summed E-state index contributed by atoms with van der Waals surface area (Å²) in [7, 11) is 0. The monoisotopic (exact) mass is 416 g/mol. The van der Waals surface area contributed by atoms with Crippen molar-refractivity contribution in [1.29, 1.82) is 0 Å². The fourth-order valence-electron chi connectivity index (χ4n) is 4.47. The van der Waals surface area contributed by atoms with E-state index in [1.807, 2.05) is 73.7 Å². The molecule has 1 atom stereocenters. The molecule has 4 rings (SSSR count). The Balaban J connectivity index is 1.54. The van der Waals surface area contributed by atoms with E-state index in [2.05, 4.69) is 23.2 Å². The fourth-order valence-corrected chi connectivity index (χ4v) is 4.47. The van der Waals surface area contributed by atoms with Crippen molar-refractivity contribution in [2.24, 2.45) is 5.92 Å². The largest absolute Gasteiger partial charge is 0.465 e. The minimum Gasteiger partial charge on any atom is -0.465 e. The number of nitrogens with zero attached hydrogens (tertiary/aromatic N) is 1. The zero-order valence-corrected chi connectivity index (χ0v) is 18.5. The van der Waals surface area contributed by atoms with Gasteiger partial charge in [0.05, 0.1) is 12.0 Å². The van der Waals surface area contributed by atoms with E-state index in [9.17, 15) is 4.79 Å². The van der Waals surface area contributed by atoms with Gasteiger partial charge in [0.2, 0.25) is 5.91 Å². The molecule has 0 saturated carbocycles. The van der Waals surface area contributed by atoms with Gasteiger partial charge >= 0.3 is 0 Å². The molecular weight excluding hydrogens is 384 g/mol. The van der Waals surface area contributed by atoms with Crippen molar-refractivity contribution in [1.82, 2.24) is 10.2 Å². The van der Waals surface area contributed by atoms with E-state index in [1.54, 1.807) is 0 Å². The molecule has 3 aromatic rings. The lowest BCUT2D eigenvalue weighted by Crippen LogP contribution is -2.42. The van der Waals surface area contributed by atoms with Gasteiger partial charge in [-0.15, -0.1) is 0 Å². The maximum atomic E-state index is 13.5. The number of rotatable bonds is 7. The highest BCUT2D eigenvalue weighted by Gasteiger charge is 2.29. The van der Waals surface area contributed by atoms with Gasteiger partial charge in [-0.25, -0.2) is 0 Å². The quantitative estimate of drug-likeness (QED) is 0.568. The first-order valence-electron chi connectivity index (χ1n) is 11.3.